The molecule has 11 nitrogen and oxygen atoms in total. The minimum Gasteiger partial charge on any atom is -0.458 e. The molecule has 12 heteroatoms. The Hall–Kier alpha value is -2.50. The van der Waals surface area contributed by atoms with E-state index in [-0.39, 0.29) is 28.8 Å². The van der Waals surface area contributed by atoms with Crippen molar-refractivity contribution in [1.29, 1.82) is 0 Å². The Morgan fingerprint density at radius 2 is 1.74 bits per heavy atom. The van der Waals surface area contributed by atoms with Crippen molar-refractivity contribution in [1.82, 2.24) is 5.32 Å². The van der Waals surface area contributed by atoms with Crippen molar-refractivity contribution in [2.75, 3.05) is 26.2 Å². The Morgan fingerprint density at radius 3 is 2.45 bits per heavy atom. The average Bonchev–Trinajstić information content (AvgIpc) is 3.48. The molecule has 0 saturated heterocycles. The van der Waals surface area contributed by atoms with Gasteiger partial charge in [-0.05, 0) is 161 Å². The molecule has 0 amide bonds. The van der Waals surface area contributed by atoms with Crippen LogP contribution in [0.2, 0.25) is 0 Å². The molecule has 1 aromatic rings. The van der Waals surface area contributed by atoms with Gasteiger partial charge < -0.3 is 10.1 Å². The van der Waals surface area contributed by atoms with Crippen LogP contribution in [0.3, 0.4) is 0 Å². The van der Waals surface area contributed by atoms with Gasteiger partial charge in [-0.25, -0.2) is 8.98 Å². The van der Waals surface area contributed by atoms with Gasteiger partial charge in [-0.15, -0.1) is 0 Å². The van der Waals surface area contributed by atoms with E-state index >= 15 is 0 Å². The highest BCUT2D eigenvalue weighted by Crippen LogP contribution is 2.68. The molecule has 2 N–H and O–H groups in total. The number of nitrogens with zero attached hydrogens (tertiary/aromatic N) is 4. The van der Waals surface area contributed by atoms with E-state index in [4.69, 9.17) is 19.4 Å². The van der Waals surface area contributed by atoms with Crippen LogP contribution >= 0.6 is 0 Å². The number of rotatable bonds is 18. The van der Waals surface area contributed by atoms with E-state index in [0.717, 1.165) is 96.7 Å². The van der Waals surface area contributed by atoms with Crippen LogP contribution in [0, 0.1) is 52.3 Å². The summed E-state index contributed by atoms with van der Waals surface area (Å²) >= 11 is 0. The molecule has 0 spiro atoms. The van der Waals surface area contributed by atoms with Crippen molar-refractivity contribution >= 4 is 22.1 Å². The zero-order valence-electron chi connectivity index (χ0n) is 32.8. The number of azide groups is 1. The largest absolute Gasteiger partial charge is 0.458 e. The monoisotopic (exact) mass is 755 g/mol. The van der Waals surface area contributed by atoms with E-state index in [1.807, 2.05) is 44.2 Å². The number of carbonyl (C=O) groups excluding carboxylic acids is 1. The average molecular weight is 756 g/mol. The molecule has 296 valence electrons. The summed E-state index contributed by atoms with van der Waals surface area (Å²) in [4.78, 5) is 21.6. The van der Waals surface area contributed by atoms with Gasteiger partial charge in [-0.3, -0.25) is 9.55 Å². The van der Waals surface area contributed by atoms with Crippen LogP contribution in [0.1, 0.15) is 128 Å². The summed E-state index contributed by atoms with van der Waals surface area (Å²) in [5.41, 5.74) is 10.6. The molecule has 0 aromatic heterocycles. The summed E-state index contributed by atoms with van der Waals surface area (Å²) in [5.74, 6) is 2.29. The summed E-state index contributed by atoms with van der Waals surface area (Å²) in [6, 6.07) is 9.43. The number of unbranched alkanes of at least 4 members (excludes halogenated alkanes) is 1. The lowest BCUT2D eigenvalue weighted by atomic mass is 9.43. The second-order valence-electron chi connectivity index (χ2n) is 17.5. The molecule has 10 atom stereocenters. The molecule has 0 aliphatic heterocycles. The molecule has 1 aromatic carbocycles. The van der Waals surface area contributed by atoms with Crippen molar-refractivity contribution in [2.45, 2.75) is 130 Å². The van der Waals surface area contributed by atoms with Gasteiger partial charge in [0, 0.05) is 29.6 Å². The zero-order valence-corrected chi connectivity index (χ0v) is 33.6. The van der Waals surface area contributed by atoms with Crippen LogP contribution in [0.25, 0.3) is 10.4 Å². The van der Waals surface area contributed by atoms with Crippen molar-refractivity contribution in [2.24, 2.45) is 62.4 Å². The highest BCUT2D eigenvalue weighted by Gasteiger charge is 2.63. The maximum atomic E-state index is 13.7. The minimum atomic E-state index is -4.51. The Bertz CT molecular complexity index is 1550. The Morgan fingerprint density at radius 1 is 1.00 bits per heavy atom. The summed E-state index contributed by atoms with van der Waals surface area (Å²) in [7, 11) is -4.51. The number of nitrogens with one attached hydrogen (secondary N) is 1. The molecule has 4 aliphatic carbocycles. The summed E-state index contributed by atoms with van der Waals surface area (Å²) in [6.07, 6.45) is 12.2. The molecular weight excluding hydrogens is 691 g/mol. The molecule has 4 aliphatic rings. The highest BCUT2D eigenvalue weighted by molar-refractivity contribution is 7.80. The SMILES string of the molecule is CC(CC[C@@H](OS(=O)(=O)O)C(C)C)[C@H]1CCC2C3C(OC(=O)c4ccccc4)C[C@H]4CC(=NCCCNCCCCN=[N+]=[N-])CC[C@]4(C)C3CC[C@@]21C. The van der Waals surface area contributed by atoms with Gasteiger partial charge in [-0.2, -0.15) is 8.42 Å². The molecule has 5 rings (SSSR count). The molecule has 4 fully saturated rings. The highest BCUT2D eigenvalue weighted by atomic mass is 32.3. The first-order valence-electron chi connectivity index (χ1n) is 20.4. The topological polar surface area (TPSA) is 163 Å². The lowest BCUT2D eigenvalue weighted by Gasteiger charge is -2.62. The number of aliphatic imine (C=N–C) groups is 1. The first kappa shape index (κ1) is 41.7. The van der Waals surface area contributed by atoms with Crippen LogP contribution in [0.15, 0.2) is 40.4 Å². The predicted octanol–water partition coefficient (Wildman–Crippen LogP) is 9.25. The lowest BCUT2D eigenvalue weighted by molar-refractivity contribution is -0.159. The van der Waals surface area contributed by atoms with Crippen LogP contribution in [0.5, 0.6) is 0 Å². The Balaban J connectivity index is 1.28. The molecule has 0 bridgehead atoms. The number of esters is 1. The number of hydrogen-bond acceptors (Lipinski definition) is 8. The van der Waals surface area contributed by atoms with Crippen LogP contribution in [0.4, 0.5) is 0 Å². The van der Waals surface area contributed by atoms with Crippen LogP contribution in [-0.2, 0) is 19.3 Å². The van der Waals surface area contributed by atoms with E-state index in [1.165, 1.54) is 5.71 Å². The second-order valence-corrected chi connectivity index (χ2v) is 18.6. The minimum absolute atomic E-state index is 0.0290. The van der Waals surface area contributed by atoms with E-state index in [1.54, 1.807) is 0 Å². The number of ether oxygens (including phenoxy) is 1. The van der Waals surface area contributed by atoms with Gasteiger partial charge >= 0.3 is 16.4 Å². The first-order valence-corrected chi connectivity index (χ1v) is 21.8. The Kier molecular flexibility index (Phi) is 14.5. The van der Waals surface area contributed by atoms with Crippen molar-refractivity contribution < 1.29 is 26.7 Å². The second kappa shape index (κ2) is 18.4. The maximum absolute atomic E-state index is 13.7. The third-order valence-corrected chi connectivity index (χ3v) is 14.7. The maximum Gasteiger partial charge on any atom is 0.397 e. The molecule has 0 radical (unpaired) electrons. The van der Waals surface area contributed by atoms with E-state index in [9.17, 15) is 17.8 Å². The zero-order chi connectivity index (χ0) is 38.2. The first-order chi connectivity index (χ1) is 25.3. The van der Waals surface area contributed by atoms with Crippen molar-refractivity contribution in [3.63, 3.8) is 0 Å². The molecule has 53 heavy (non-hydrogen) atoms. The third-order valence-electron chi connectivity index (χ3n) is 14.2. The summed E-state index contributed by atoms with van der Waals surface area (Å²) < 4.78 is 44.2. The number of fused-ring (bicyclic) bond motifs is 5. The molecular formula is C41H65N5O6S. The standard InChI is InChI=1S/C41H65N5O6S/c1-28(2)36(52-53(48,49)50)17-14-29(3)33-15-16-34-38-35(19-21-41(33,34)5)40(4)20-18-32(44-24-11-23-43-22-9-10-25-45-46-42)26-31(40)27-37(38)51-39(47)30-12-7-6-8-13-30/h6-8,12-13,28-29,31,33-38,43H,9-11,14-27H2,1-5H3,(H,48,49,50)/t29?,31-,33-,34?,35?,36-,37?,38?,40+,41-/m1/s1. The smallest absolute Gasteiger partial charge is 0.397 e. The normalized spacial score (nSPS) is 33.0. The van der Waals surface area contributed by atoms with E-state index in [2.05, 4.69) is 36.1 Å². The van der Waals surface area contributed by atoms with Gasteiger partial charge in [0.15, 0.2) is 0 Å². The fraction of sp³-hybridized carbons (Fsp3) is 0.805. The van der Waals surface area contributed by atoms with Crippen molar-refractivity contribution in [3.8, 4) is 0 Å². The summed E-state index contributed by atoms with van der Waals surface area (Å²) in [5, 5.41) is 7.08. The van der Waals surface area contributed by atoms with Gasteiger partial charge in [0.1, 0.15) is 6.10 Å². The lowest BCUT2D eigenvalue weighted by Crippen LogP contribution is -2.59. The van der Waals surface area contributed by atoms with E-state index < -0.39 is 16.5 Å². The van der Waals surface area contributed by atoms with Crippen molar-refractivity contribution in [3.05, 3.63) is 46.3 Å². The number of benzene rings is 1. The third kappa shape index (κ3) is 10.2. The van der Waals surface area contributed by atoms with Crippen LogP contribution in [-0.4, -0.2) is 63.0 Å². The molecule has 5 unspecified atom stereocenters. The summed E-state index contributed by atoms with van der Waals surface area (Å²) in [6.45, 7) is 14.4. The molecule has 4 saturated carbocycles. The van der Waals surface area contributed by atoms with Gasteiger partial charge in [0.25, 0.3) is 0 Å². The number of hydrogen-bond donors (Lipinski definition) is 2. The number of carbonyl (C=O) groups is 1. The van der Waals surface area contributed by atoms with Crippen LogP contribution < -0.4 is 5.32 Å². The predicted molar refractivity (Wildman–Crippen MR) is 209 cm³/mol. The van der Waals surface area contributed by atoms with Gasteiger partial charge in [0.2, 0.25) is 0 Å². The van der Waals surface area contributed by atoms with E-state index in [0.29, 0.717) is 54.0 Å². The fourth-order valence-electron chi connectivity index (χ4n) is 11.3. The Labute approximate surface area is 318 Å². The van der Waals surface area contributed by atoms with Gasteiger partial charge in [-0.1, -0.05) is 57.9 Å². The molecule has 0 heterocycles. The fourth-order valence-corrected chi connectivity index (χ4v) is 12.0. The quantitative estimate of drug-likeness (QED) is 0.0377. The van der Waals surface area contributed by atoms with Gasteiger partial charge in [0.05, 0.1) is 11.7 Å².